The van der Waals surface area contributed by atoms with E-state index in [4.69, 9.17) is 11.5 Å². The van der Waals surface area contributed by atoms with E-state index in [1.165, 1.54) is 0 Å². The van der Waals surface area contributed by atoms with Gasteiger partial charge in [0, 0.05) is 6.20 Å². The number of hydrogen-bond donors (Lipinski definition) is 2. The van der Waals surface area contributed by atoms with Gasteiger partial charge in [0.05, 0.1) is 12.8 Å². The van der Waals surface area contributed by atoms with Gasteiger partial charge >= 0.3 is 0 Å². The normalized spacial score (nSPS) is 25.1. The second kappa shape index (κ2) is 2.66. The minimum Gasteiger partial charge on any atom is -0.346 e. The summed E-state index contributed by atoms with van der Waals surface area (Å²) in [5.74, 6) is 0. The first-order chi connectivity index (χ1) is 4.34. The zero-order valence-electron chi connectivity index (χ0n) is 5.20. The van der Waals surface area contributed by atoms with Gasteiger partial charge < -0.3 is 16.4 Å². The molecule has 3 heteroatoms. The van der Waals surface area contributed by atoms with Crippen molar-refractivity contribution >= 4 is 0 Å². The molecule has 1 atom stereocenters. The maximum atomic E-state index is 5.60. The van der Waals surface area contributed by atoms with Crippen molar-refractivity contribution in [3.05, 3.63) is 24.4 Å². The molecule has 1 heterocycles. The number of nitrogens with zero attached hydrogens (tertiary/aromatic N) is 1. The molecule has 4 N–H and O–H groups in total. The van der Waals surface area contributed by atoms with Crippen molar-refractivity contribution in [2.45, 2.75) is 6.17 Å². The van der Waals surface area contributed by atoms with Crippen LogP contribution in [0.4, 0.5) is 0 Å². The monoisotopic (exact) mass is 125 g/mol. The molecule has 0 fully saturated rings. The maximum Gasteiger partial charge on any atom is 0.0971 e. The molecule has 0 spiro atoms. The molecule has 0 aromatic carbocycles. The molecule has 3 nitrogen and oxygen atoms in total. The van der Waals surface area contributed by atoms with Gasteiger partial charge in [-0.1, -0.05) is 6.08 Å². The Kier molecular flexibility index (Phi) is 1.87. The zero-order valence-corrected chi connectivity index (χ0v) is 5.20. The first-order valence-electron chi connectivity index (χ1n) is 2.91. The highest BCUT2D eigenvalue weighted by atomic mass is 15.2. The predicted octanol–water partition coefficient (Wildman–Crippen LogP) is -0.427. The molecule has 0 aliphatic carbocycles. The van der Waals surface area contributed by atoms with Gasteiger partial charge in [0.15, 0.2) is 0 Å². The minimum absolute atomic E-state index is 0.0417. The summed E-state index contributed by atoms with van der Waals surface area (Å²) in [6, 6.07) is 0. The quantitative estimate of drug-likeness (QED) is 0.500. The topological polar surface area (TPSA) is 55.3 Å². The fraction of sp³-hybridized carbons (Fsp3) is 0.333. The molecular weight excluding hydrogens is 114 g/mol. The Balaban J connectivity index is 2.55. The Morgan fingerprint density at radius 3 is 2.67 bits per heavy atom. The minimum atomic E-state index is -0.0417. The SMILES string of the molecule is NCN1C=CC=CC1N. The van der Waals surface area contributed by atoms with E-state index in [2.05, 4.69) is 0 Å². The van der Waals surface area contributed by atoms with E-state index < -0.39 is 0 Å². The zero-order chi connectivity index (χ0) is 6.69. The molecule has 0 saturated heterocycles. The number of allylic oxidation sites excluding steroid dienone is 2. The lowest BCUT2D eigenvalue weighted by atomic mass is 10.3. The van der Waals surface area contributed by atoms with E-state index in [-0.39, 0.29) is 6.17 Å². The molecule has 0 saturated carbocycles. The van der Waals surface area contributed by atoms with Crippen molar-refractivity contribution < 1.29 is 0 Å². The van der Waals surface area contributed by atoms with Crippen molar-refractivity contribution in [1.82, 2.24) is 4.90 Å². The van der Waals surface area contributed by atoms with Crippen LogP contribution >= 0.6 is 0 Å². The summed E-state index contributed by atoms with van der Waals surface area (Å²) in [5.41, 5.74) is 11.0. The molecule has 1 aliphatic rings. The van der Waals surface area contributed by atoms with Crippen LogP contribution in [0.1, 0.15) is 0 Å². The molecule has 0 aromatic heterocycles. The van der Waals surface area contributed by atoms with Crippen LogP contribution in [-0.2, 0) is 0 Å². The number of nitrogens with two attached hydrogens (primary N) is 2. The molecule has 1 aliphatic heterocycles. The van der Waals surface area contributed by atoms with Crippen molar-refractivity contribution in [2.75, 3.05) is 6.67 Å². The van der Waals surface area contributed by atoms with Gasteiger partial charge in [-0.05, 0) is 12.2 Å². The Bertz CT molecular complexity index is 139. The first kappa shape index (κ1) is 6.32. The van der Waals surface area contributed by atoms with Crippen LogP contribution in [-0.4, -0.2) is 17.7 Å². The third-order valence-electron chi connectivity index (χ3n) is 1.29. The number of hydrogen-bond acceptors (Lipinski definition) is 3. The molecule has 9 heavy (non-hydrogen) atoms. The fourth-order valence-electron chi connectivity index (χ4n) is 0.731. The summed E-state index contributed by atoms with van der Waals surface area (Å²) in [4.78, 5) is 1.85. The number of rotatable bonds is 1. The Hall–Kier alpha value is -0.800. The van der Waals surface area contributed by atoms with Crippen molar-refractivity contribution in [1.29, 1.82) is 0 Å². The second-order valence-corrected chi connectivity index (χ2v) is 1.91. The van der Waals surface area contributed by atoms with Gasteiger partial charge in [0.1, 0.15) is 0 Å². The third-order valence-corrected chi connectivity index (χ3v) is 1.29. The van der Waals surface area contributed by atoms with Crippen LogP contribution in [0.2, 0.25) is 0 Å². The summed E-state index contributed by atoms with van der Waals surface area (Å²) in [6.07, 6.45) is 7.56. The summed E-state index contributed by atoms with van der Waals surface area (Å²) in [7, 11) is 0. The Morgan fingerprint density at radius 2 is 2.22 bits per heavy atom. The molecule has 1 rings (SSSR count). The predicted molar refractivity (Wildman–Crippen MR) is 37.1 cm³/mol. The molecule has 0 radical (unpaired) electrons. The standard InChI is InChI=1S/C6H11N3/c7-5-9-4-2-1-3-6(9)8/h1-4,6H,5,7-8H2. The van der Waals surface area contributed by atoms with Gasteiger partial charge in [-0.25, -0.2) is 0 Å². The van der Waals surface area contributed by atoms with Crippen LogP contribution in [0.3, 0.4) is 0 Å². The average molecular weight is 125 g/mol. The van der Waals surface area contributed by atoms with Gasteiger partial charge in [0.2, 0.25) is 0 Å². The van der Waals surface area contributed by atoms with E-state index in [0.717, 1.165) is 0 Å². The lowest BCUT2D eigenvalue weighted by Gasteiger charge is -2.24. The average Bonchev–Trinajstić information content (AvgIpc) is 1.89. The van der Waals surface area contributed by atoms with E-state index >= 15 is 0 Å². The van der Waals surface area contributed by atoms with Gasteiger partial charge in [-0.2, -0.15) is 0 Å². The summed E-state index contributed by atoms with van der Waals surface area (Å²) >= 11 is 0. The lowest BCUT2D eigenvalue weighted by molar-refractivity contribution is 0.331. The molecule has 50 valence electrons. The molecule has 0 aromatic rings. The largest absolute Gasteiger partial charge is 0.346 e. The Labute approximate surface area is 54.6 Å². The van der Waals surface area contributed by atoms with E-state index in [0.29, 0.717) is 6.67 Å². The van der Waals surface area contributed by atoms with Crippen LogP contribution in [0, 0.1) is 0 Å². The highest BCUT2D eigenvalue weighted by molar-refractivity contribution is 5.11. The first-order valence-corrected chi connectivity index (χ1v) is 2.91. The van der Waals surface area contributed by atoms with E-state index in [1.54, 1.807) is 0 Å². The highest BCUT2D eigenvalue weighted by Gasteiger charge is 2.04. The lowest BCUT2D eigenvalue weighted by Crippen LogP contribution is -2.41. The highest BCUT2D eigenvalue weighted by Crippen LogP contribution is 1.99. The summed E-state index contributed by atoms with van der Waals surface area (Å²) in [6.45, 7) is 0.474. The Morgan fingerprint density at radius 1 is 1.44 bits per heavy atom. The second-order valence-electron chi connectivity index (χ2n) is 1.91. The molecule has 1 unspecified atom stereocenters. The van der Waals surface area contributed by atoms with Crippen LogP contribution in [0.5, 0.6) is 0 Å². The third kappa shape index (κ3) is 1.31. The van der Waals surface area contributed by atoms with Gasteiger partial charge in [-0.3, -0.25) is 0 Å². The molecule has 0 amide bonds. The van der Waals surface area contributed by atoms with Crippen LogP contribution in [0.25, 0.3) is 0 Å². The molecule has 0 bridgehead atoms. The van der Waals surface area contributed by atoms with Crippen molar-refractivity contribution in [2.24, 2.45) is 11.5 Å². The van der Waals surface area contributed by atoms with Gasteiger partial charge in [0.25, 0.3) is 0 Å². The van der Waals surface area contributed by atoms with Crippen molar-refractivity contribution in [3.8, 4) is 0 Å². The summed E-state index contributed by atoms with van der Waals surface area (Å²) < 4.78 is 0. The maximum absolute atomic E-state index is 5.60. The fourth-order valence-corrected chi connectivity index (χ4v) is 0.731. The summed E-state index contributed by atoms with van der Waals surface area (Å²) in [5, 5.41) is 0. The van der Waals surface area contributed by atoms with Crippen molar-refractivity contribution in [3.63, 3.8) is 0 Å². The molecular formula is C6H11N3. The van der Waals surface area contributed by atoms with E-state index in [1.807, 2.05) is 29.3 Å². The van der Waals surface area contributed by atoms with E-state index in [9.17, 15) is 0 Å². The van der Waals surface area contributed by atoms with Gasteiger partial charge in [-0.15, -0.1) is 0 Å². The smallest absolute Gasteiger partial charge is 0.0971 e. The van der Waals surface area contributed by atoms with Crippen LogP contribution < -0.4 is 11.5 Å². The van der Waals surface area contributed by atoms with Crippen LogP contribution in [0.15, 0.2) is 24.4 Å².